The van der Waals surface area contributed by atoms with Crippen molar-refractivity contribution in [1.29, 1.82) is 0 Å². The summed E-state index contributed by atoms with van der Waals surface area (Å²) in [4.78, 5) is 23.7. The van der Waals surface area contributed by atoms with E-state index >= 15 is 0 Å². The van der Waals surface area contributed by atoms with Crippen LogP contribution >= 0.6 is 0 Å². The zero-order chi connectivity index (χ0) is 15.2. The number of amides is 1. The molecular formula is C14H19N5O2. The first kappa shape index (κ1) is 15.0. The predicted molar refractivity (Wildman–Crippen MR) is 77.9 cm³/mol. The normalized spacial score (nSPS) is 10.6. The highest BCUT2D eigenvalue weighted by Crippen LogP contribution is 2.02. The molecule has 0 fully saturated rings. The van der Waals surface area contributed by atoms with Crippen LogP contribution in [0.1, 0.15) is 41.5 Å². The van der Waals surface area contributed by atoms with Gasteiger partial charge in [0.2, 0.25) is 0 Å². The van der Waals surface area contributed by atoms with Crippen LogP contribution in [0.2, 0.25) is 0 Å². The average Bonchev–Trinajstić information content (AvgIpc) is 2.89. The second-order valence-electron chi connectivity index (χ2n) is 4.84. The third-order valence-electron chi connectivity index (χ3n) is 3.20. The quantitative estimate of drug-likeness (QED) is 0.830. The zero-order valence-electron chi connectivity index (χ0n) is 12.2. The smallest absolute Gasteiger partial charge is 0.271 e. The van der Waals surface area contributed by atoms with E-state index in [4.69, 9.17) is 0 Å². The fraction of sp³-hybridized carbons (Fsp3) is 0.429. The molecule has 0 unspecified atom stereocenters. The summed E-state index contributed by atoms with van der Waals surface area (Å²) in [6, 6.07) is 2.82. The van der Waals surface area contributed by atoms with E-state index in [-0.39, 0.29) is 17.2 Å². The second-order valence-corrected chi connectivity index (χ2v) is 4.84. The minimum absolute atomic E-state index is 0.189. The van der Waals surface area contributed by atoms with Crippen molar-refractivity contribution >= 4 is 5.91 Å². The fourth-order valence-electron chi connectivity index (χ4n) is 1.86. The molecule has 112 valence electrons. The van der Waals surface area contributed by atoms with Crippen molar-refractivity contribution in [2.45, 2.75) is 39.8 Å². The molecule has 7 heteroatoms. The summed E-state index contributed by atoms with van der Waals surface area (Å²) >= 11 is 0. The number of rotatable bonds is 6. The topological polar surface area (TPSA) is 92.7 Å². The third-order valence-corrected chi connectivity index (χ3v) is 3.20. The zero-order valence-corrected chi connectivity index (χ0v) is 12.2. The molecule has 2 aromatic rings. The largest absolute Gasteiger partial charge is 0.346 e. The number of carbonyl (C=O) groups is 1. The SMILES string of the molecule is CCCCn1nc(C(=O)NCc2cn[nH]c2C)ccc1=O. The third kappa shape index (κ3) is 3.77. The highest BCUT2D eigenvalue weighted by molar-refractivity contribution is 5.91. The standard InChI is InChI=1S/C14H19N5O2/c1-3-4-7-19-13(20)6-5-12(18-19)14(21)15-8-11-9-16-17-10(11)2/h5-6,9H,3-4,7-8H2,1-2H3,(H,15,21)(H,16,17). The maximum Gasteiger partial charge on any atom is 0.271 e. The van der Waals surface area contributed by atoms with Crippen LogP contribution in [0.4, 0.5) is 0 Å². The van der Waals surface area contributed by atoms with Gasteiger partial charge >= 0.3 is 0 Å². The minimum atomic E-state index is -0.305. The van der Waals surface area contributed by atoms with Crippen LogP contribution < -0.4 is 10.9 Å². The van der Waals surface area contributed by atoms with Gasteiger partial charge in [-0.3, -0.25) is 14.7 Å². The van der Waals surface area contributed by atoms with Crippen molar-refractivity contribution in [2.24, 2.45) is 0 Å². The van der Waals surface area contributed by atoms with E-state index in [1.165, 1.54) is 16.8 Å². The lowest BCUT2D eigenvalue weighted by Crippen LogP contribution is -2.29. The number of nitrogens with zero attached hydrogens (tertiary/aromatic N) is 3. The Kier molecular flexibility index (Phi) is 4.86. The molecule has 0 aromatic carbocycles. The number of aryl methyl sites for hydroxylation is 2. The van der Waals surface area contributed by atoms with Crippen LogP contribution in [-0.2, 0) is 13.1 Å². The van der Waals surface area contributed by atoms with E-state index in [1.807, 2.05) is 13.8 Å². The van der Waals surface area contributed by atoms with Gasteiger partial charge in [-0.15, -0.1) is 0 Å². The summed E-state index contributed by atoms with van der Waals surface area (Å²) in [6.45, 7) is 4.82. The van der Waals surface area contributed by atoms with Crippen molar-refractivity contribution in [3.05, 3.63) is 45.6 Å². The maximum absolute atomic E-state index is 12.1. The van der Waals surface area contributed by atoms with Crippen molar-refractivity contribution in [3.8, 4) is 0 Å². The van der Waals surface area contributed by atoms with Gasteiger partial charge in [-0.1, -0.05) is 13.3 Å². The molecule has 0 saturated carbocycles. The Hall–Kier alpha value is -2.44. The van der Waals surface area contributed by atoms with Crippen molar-refractivity contribution in [1.82, 2.24) is 25.3 Å². The summed E-state index contributed by atoms with van der Waals surface area (Å²) in [6.07, 6.45) is 3.49. The highest BCUT2D eigenvalue weighted by Gasteiger charge is 2.10. The molecule has 0 aliphatic heterocycles. The van der Waals surface area contributed by atoms with Crippen LogP contribution in [-0.4, -0.2) is 25.9 Å². The van der Waals surface area contributed by atoms with Gasteiger partial charge in [0.1, 0.15) is 5.69 Å². The molecule has 2 heterocycles. The van der Waals surface area contributed by atoms with Gasteiger partial charge in [0, 0.05) is 30.4 Å². The molecule has 21 heavy (non-hydrogen) atoms. The maximum atomic E-state index is 12.1. The van der Waals surface area contributed by atoms with Crippen molar-refractivity contribution in [2.75, 3.05) is 0 Å². The molecule has 0 aliphatic carbocycles. The lowest BCUT2D eigenvalue weighted by Gasteiger charge is -2.07. The molecule has 0 spiro atoms. The molecule has 0 aliphatic rings. The minimum Gasteiger partial charge on any atom is -0.346 e. The molecule has 0 atom stereocenters. The van der Waals surface area contributed by atoms with Gasteiger partial charge in [-0.2, -0.15) is 10.2 Å². The van der Waals surface area contributed by atoms with Gasteiger partial charge in [0.05, 0.1) is 6.20 Å². The van der Waals surface area contributed by atoms with Crippen molar-refractivity contribution < 1.29 is 4.79 Å². The first-order valence-electron chi connectivity index (χ1n) is 6.97. The number of aromatic nitrogens is 4. The number of H-pyrrole nitrogens is 1. The predicted octanol–water partition coefficient (Wildman–Crippen LogP) is 1.00. The molecule has 0 saturated heterocycles. The number of carbonyl (C=O) groups excluding carboxylic acids is 1. The summed E-state index contributed by atoms with van der Waals surface area (Å²) in [5.74, 6) is -0.305. The Balaban J connectivity index is 2.05. The van der Waals surface area contributed by atoms with Gasteiger partial charge in [0.25, 0.3) is 11.5 Å². The molecule has 0 radical (unpaired) electrons. The fourth-order valence-corrected chi connectivity index (χ4v) is 1.86. The van der Waals surface area contributed by atoms with Gasteiger partial charge in [0.15, 0.2) is 0 Å². The van der Waals surface area contributed by atoms with E-state index in [9.17, 15) is 9.59 Å². The van der Waals surface area contributed by atoms with E-state index in [0.717, 1.165) is 24.1 Å². The molecule has 2 aromatic heterocycles. The Labute approximate surface area is 122 Å². The Morgan fingerprint density at radius 3 is 2.90 bits per heavy atom. The summed E-state index contributed by atoms with van der Waals surface area (Å²) in [5.41, 5.74) is 1.89. The second kappa shape index (κ2) is 6.83. The van der Waals surface area contributed by atoms with E-state index in [0.29, 0.717) is 13.1 Å². The number of nitrogens with one attached hydrogen (secondary N) is 2. The van der Waals surface area contributed by atoms with Crippen molar-refractivity contribution in [3.63, 3.8) is 0 Å². The molecule has 0 bridgehead atoms. The summed E-state index contributed by atoms with van der Waals surface area (Å²) in [7, 11) is 0. The lowest BCUT2D eigenvalue weighted by atomic mass is 10.2. The van der Waals surface area contributed by atoms with E-state index in [1.54, 1.807) is 6.20 Å². The highest BCUT2D eigenvalue weighted by atomic mass is 16.2. The number of hydrogen-bond acceptors (Lipinski definition) is 4. The number of unbranched alkanes of at least 4 members (excludes halogenated alkanes) is 1. The molecule has 2 N–H and O–H groups in total. The van der Waals surface area contributed by atoms with Crippen LogP contribution in [0, 0.1) is 6.92 Å². The first-order valence-corrected chi connectivity index (χ1v) is 6.97. The molecule has 2 rings (SSSR count). The van der Waals surface area contributed by atoms with Crippen LogP contribution in [0.3, 0.4) is 0 Å². The number of hydrogen-bond donors (Lipinski definition) is 2. The lowest BCUT2D eigenvalue weighted by molar-refractivity contribution is 0.0943. The first-order chi connectivity index (χ1) is 10.1. The Morgan fingerprint density at radius 1 is 1.43 bits per heavy atom. The van der Waals surface area contributed by atoms with Crippen LogP contribution in [0.5, 0.6) is 0 Å². The Bertz CT molecular complexity index is 674. The van der Waals surface area contributed by atoms with Crippen LogP contribution in [0.15, 0.2) is 23.1 Å². The summed E-state index contributed by atoms with van der Waals surface area (Å²) in [5, 5.41) is 13.6. The molecular weight excluding hydrogens is 270 g/mol. The molecule has 1 amide bonds. The monoisotopic (exact) mass is 289 g/mol. The van der Waals surface area contributed by atoms with E-state index < -0.39 is 0 Å². The van der Waals surface area contributed by atoms with E-state index in [2.05, 4.69) is 20.6 Å². The van der Waals surface area contributed by atoms with Gasteiger partial charge < -0.3 is 5.32 Å². The van der Waals surface area contributed by atoms with Crippen LogP contribution in [0.25, 0.3) is 0 Å². The summed E-state index contributed by atoms with van der Waals surface area (Å²) < 4.78 is 1.33. The Morgan fingerprint density at radius 2 is 2.24 bits per heavy atom. The molecule has 7 nitrogen and oxygen atoms in total. The average molecular weight is 289 g/mol. The number of aromatic amines is 1. The van der Waals surface area contributed by atoms with Gasteiger partial charge in [-0.05, 0) is 19.4 Å². The van der Waals surface area contributed by atoms with Gasteiger partial charge in [-0.25, -0.2) is 4.68 Å².